The Balaban J connectivity index is 1.70. The molecule has 0 atom stereocenters. The van der Waals surface area contributed by atoms with Gasteiger partial charge in [-0.25, -0.2) is 9.97 Å². The van der Waals surface area contributed by atoms with Gasteiger partial charge in [-0.2, -0.15) is 0 Å². The van der Waals surface area contributed by atoms with Crippen molar-refractivity contribution in [2.45, 2.75) is 20.4 Å². The second-order valence-electron chi connectivity index (χ2n) is 5.53. The van der Waals surface area contributed by atoms with Crippen molar-refractivity contribution in [2.75, 3.05) is 5.32 Å². The molecule has 2 heterocycles. The summed E-state index contributed by atoms with van der Waals surface area (Å²) in [4.78, 5) is 20.6. The number of rotatable bonds is 5. The SMILES string of the molecule is Cc1cc(C)cc(Nc2nccc(C(=O)NCc3ccco3)n2)c1. The van der Waals surface area contributed by atoms with Crippen molar-refractivity contribution >= 4 is 17.5 Å². The van der Waals surface area contributed by atoms with Crippen LogP contribution in [0.1, 0.15) is 27.4 Å². The summed E-state index contributed by atoms with van der Waals surface area (Å²) in [6.07, 6.45) is 3.12. The number of furan rings is 1. The van der Waals surface area contributed by atoms with Crippen LogP contribution in [-0.4, -0.2) is 15.9 Å². The molecule has 122 valence electrons. The van der Waals surface area contributed by atoms with Crippen LogP contribution in [0.3, 0.4) is 0 Å². The minimum atomic E-state index is -0.280. The van der Waals surface area contributed by atoms with Crippen LogP contribution >= 0.6 is 0 Å². The Morgan fingerprint density at radius 1 is 1.17 bits per heavy atom. The zero-order valence-electron chi connectivity index (χ0n) is 13.5. The second-order valence-corrected chi connectivity index (χ2v) is 5.53. The van der Waals surface area contributed by atoms with E-state index < -0.39 is 0 Å². The topological polar surface area (TPSA) is 80.0 Å². The van der Waals surface area contributed by atoms with E-state index in [-0.39, 0.29) is 5.91 Å². The summed E-state index contributed by atoms with van der Waals surface area (Å²) in [6, 6.07) is 11.2. The predicted molar refractivity (Wildman–Crippen MR) is 91.1 cm³/mol. The molecule has 0 aliphatic heterocycles. The molecular formula is C18H18N4O2. The lowest BCUT2D eigenvalue weighted by molar-refractivity contribution is 0.0943. The van der Waals surface area contributed by atoms with Crippen molar-refractivity contribution in [2.24, 2.45) is 0 Å². The number of benzene rings is 1. The summed E-state index contributed by atoms with van der Waals surface area (Å²) in [7, 11) is 0. The van der Waals surface area contributed by atoms with Crippen LogP contribution in [-0.2, 0) is 6.54 Å². The van der Waals surface area contributed by atoms with Gasteiger partial charge in [0.1, 0.15) is 11.5 Å². The molecule has 1 amide bonds. The Hall–Kier alpha value is -3.15. The van der Waals surface area contributed by atoms with Crippen molar-refractivity contribution < 1.29 is 9.21 Å². The summed E-state index contributed by atoms with van der Waals surface area (Å²) in [5.74, 6) is 0.786. The van der Waals surface area contributed by atoms with Crippen molar-refractivity contribution in [3.63, 3.8) is 0 Å². The molecule has 6 nitrogen and oxygen atoms in total. The lowest BCUT2D eigenvalue weighted by Crippen LogP contribution is -2.23. The minimum Gasteiger partial charge on any atom is -0.467 e. The molecule has 0 radical (unpaired) electrons. The van der Waals surface area contributed by atoms with Gasteiger partial charge in [0, 0.05) is 11.9 Å². The van der Waals surface area contributed by atoms with E-state index in [1.807, 2.05) is 26.0 Å². The maximum absolute atomic E-state index is 12.2. The highest BCUT2D eigenvalue weighted by molar-refractivity contribution is 5.92. The van der Waals surface area contributed by atoms with E-state index in [2.05, 4.69) is 26.7 Å². The van der Waals surface area contributed by atoms with Crippen molar-refractivity contribution in [3.05, 3.63) is 71.4 Å². The normalized spacial score (nSPS) is 10.4. The fraction of sp³-hybridized carbons (Fsp3) is 0.167. The van der Waals surface area contributed by atoms with Crippen LogP contribution in [0.2, 0.25) is 0 Å². The maximum atomic E-state index is 12.2. The van der Waals surface area contributed by atoms with Gasteiger partial charge in [-0.05, 0) is 55.3 Å². The Kier molecular flexibility index (Phi) is 4.56. The average molecular weight is 322 g/mol. The van der Waals surface area contributed by atoms with Gasteiger partial charge in [0.2, 0.25) is 5.95 Å². The number of carbonyl (C=O) groups is 1. The van der Waals surface area contributed by atoms with Crippen LogP contribution in [0.5, 0.6) is 0 Å². The van der Waals surface area contributed by atoms with Gasteiger partial charge in [-0.15, -0.1) is 0 Å². The van der Waals surface area contributed by atoms with Gasteiger partial charge in [0.25, 0.3) is 5.91 Å². The third kappa shape index (κ3) is 3.98. The average Bonchev–Trinajstić information content (AvgIpc) is 3.05. The monoisotopic (exact) mass is 322 g/mol. The summed E-state index contributed by atoms with van der Waals surface area (Å²) >= 11 is 0. The van der Waals surface area contributed by atoms with E-state index in [1.54, 1.807) is 30.7 Å². The first kappa shape index (κ1) is 15.7. The van der Waals surface area contributed by atoms with Crippen molar-refractivity contribution in [1.82, 2.24) is 15.3 Å². The molecule has 3 rings (SSSR count). The summed E-state index contributed by atoms with van der Waals surface area (Å²) < 4.78 is 5.19. The summed E-state index contributed by atoms with van der Waals surface area (Å²) in [6.45, 7) is 4.37. The van der Waals surface area contributed by atoms with Crippen molar-refractivity contribution in [1.29, 1.82) is 0 Å². The van der Waals surface area contributed by atoms with E-state index >= 15 is 0 Å². The molecule has 0 unspecified atom stereocenters. The van der Waals surface area contributed by atoms with E-state index in [4.69, 9.17) is 4.42 Å². The quantitative estimate of drug-likeness (QED) is 0.753. The Morgan fingerprint density at radius 3 is 2.67 bits per heavy atom. The van der Waals surface area contributed by atoms with E-state index in [9.17, 15) is 4.79 Å². The smallest absolute Gasteiger partial charge is 0.270 e. The third-order valence-corrected chi connectivity index (χ3v) is 3.37. The van der Waals surface area contributed by atoms with E-state index in [1.165, 1.54) is 0 Å². The standard InChI is InChI=1S/C18H18N4O2/c1-12-8-13(2)10-14(9-12)21-18-19-6-5-16(22-18)17(23)20-11-15-4-3-7-24-15/h3-10H,11H2,1-2H3,(H,20,23)(H,19,21,22). The van der Waals surface area contributed by atoms with Crippen LogP contribution in [0.25, 0.3) is 0 Å². The van der Waals surface area contributed by atoms with Crippen LogP contribution in [0.15, 0.2) is 53.3 Å². The third-order valence-electron chi connectivity index (χ3n) is 3.37. The molecule has 2 aromatic heterocycles. The van der Waals surface area contributed by atoms with Gasteiger partial charge >= 0.3 is 0 Å². The number of nitrogens with zero attached hydrogens (tertiary/aromatic N) is 2. The number of nitrogens with one attached hydrogen (secondary N) is 2. The van der Waals surface area contributed by atoms with Gasteiger partial charge in [-0.3, -0.25) is 4.79 Å². The summed E-state index contributed by atoms with van der Waals surface area (Å²) in [5.41, 5.74) is 3.47. The highest BCUT2D eigenvalue weighted by Gasteiger charge is 2.09. The maximum Gasteiger partial charge on any atom is 0.270 e. The summed E-state index contributed by atoms with van der Waals surface area (Å²) in [5, 5.41) is 5.89. The number of anilines is 2. The molecule has 0 aliphatic rings. The zero-order valence-corrected chi connectivity index (χ0v) is 13.5. The Morgan fingerprint density at radius 2 is 1.96 bits per heavy atom. The van der Waals surface area contributed by atoms with Crippen LogP contribution in [0.4, 0.5) is 11.6 Å². The van der Waals surface area contributed by atoms with E-state index in [0.29, 0.717) is 23.9 Å². The van der Waals surface area contributed by atoms with Crippen molar-refractivity contribution in [3.8, 4) is 0 Å². The fourth-order valence-corrected chi connectivity index (χ4v) is 2.39. The van der Waals surface area contributed by atoms with Crippen LogP contribution < -0.4 is 10.6 Å². The first-order valence-electron chi connectivity index (χ1n) is 7.59. The van der Waals surface area contributed by atoms with Gasteiger partial charge in [-0.1, -0.05) is 6.07 Å². The lowest BCUT2D eigenvalue weighted by atomic mass is 10.1. The predicted octanol–water partition coefficient (Wildman–Crippen LogP) is 3.36. The second kappa shape index (κ2) is 6.95. The highest BCUT2D eigenvalue weighted by Crippen LogP contribution is 2.17. The Labute approximate surface area is 140 Å². The minimum absolute atomic E-state index is 0.280. The number of hydrogen-bond donors (Lipinski definition) is 2. The number of amides is 1. The molecule has 0 spiro atoms. The molecule has 2 N–H and O–H groups in total. The number of aryl methyl sites for hydroxylation is 2. The molecular weight excluding hydrogens is 304 g/mol. The number of aromatic nitrogens is 2. The first-order valence-corrected chi connectivity index (χ1v) is 7.59. The molecule has 0 saturated carbocycles. The number of hydrogen-bond acceptors (Lipinski definition) is 5. The van der Waals surface area contributed by atoms with E-state index in [0.717, 1.165) is 16.8 Å². The molecule has 0 saturated heterocycles. The molecule has 0 fully saturated rings. The lowest BCUT2D eigenvalue weighted by Gasteiger charge is -2.08. The highest BCUT2D eigenvalue weighted by atomic mass is 16.3. The Bertz CT molecular complexity index is 824. The molecule has 6 heteroatoms. The molecule has 3 aromatic rings. The van der Waals surface area contributed by atoms with Gasteiger partial charge in [0.15, 0.2) is 0 Å². The van der Waals surface area contributed by atoms with Crippen LogP contribution in [0, 0.1) is 13.8 Å². The molecule has 1 aromatic carbocycles. The number of carbonyl (C=O) groups excluding carboxylic acids is 1. The fourth-order valence-electron chi connectivity index (χ4n) is 2.39. The largest absolute Gasteiger partial charge is 0.467 e. The van der Waals surface area contributed by atoms with Gasteiger partial charge in [0.05, 0.1) is 12.8 Å². The molecule has 24 heavy (non-hydrogen) atoms. The zero-order chi connectivity index (χ0) is 16.9. The first-order chi connectivity index (χ1) is 11.6. The molecule has 0 aliphatic carbocycles. The molecule has 0 bridgehead atoms. The van der Waals surface area contributed by atoms with Gasteiger partial charge < -0.3 is 15.1 Å².